The zero-order valence-corrected chi connectivity index (χ0v) is 12.6. The highest BCUT2D eigenvalue weighted by Gasteiger charge is 2.11. The number of carbonyl (C=O) groups excluding carboxylic acids is 1. The van der Waals surface area contributed by atoms with Gasteiger partial charge in [-0.2, -0.15) is 10.4 Å². The van der Waals surface area contributed by atoms with E-state index in [0.29, 0.717) is 27.7 Å². The zero-order chi connectivity index (χ0) is 16.2. The van der Waals surface area contributed by atoms with Crippen molar-refractivity contribution < 1.29 is 4.79 Å². The van der Waals surface area contributed by atoms with Crippen LogP contribution in [0, 0.1) is 11.3 Å². The first-order valence-electron chi connectivity index (χ1n) is 6.78. The third-order valence-electron chi connectivity index (χ3n) is 3.19. The summed E-state index contributed by atoms with van der Waals surface area (Å²) in [6.07, 6.45) is 0. The second-order valence-corrected chi connectivity index (χ2v) is 5.26. The largest absolute Gasteiger partial charge is 0.321 e. The lowest BCUT2D eigenvalue weighted by Gasteiger charge is -2.03. The first-order valence-corrected chi connectivity index (χ1v) is 7.16. The molecule has 1 heterocycles. The van der Waals surface area contributed by atoms with Crippen LogP contribution in [0.5, 0.6) is 0 Å². The Bertz CT molecular complexity index is 911. The fourth-order valence-electron chi connectivity index (χ4n) is 2.10. The number of rotatable bonds is 3. The number of hydrogen-bond donors (Lipinski definition) is 2. The van der Waals surface area contributed by atoms with Crippen LogP contribution in [0.4, 0.5) is 5.69 Å². The minimum Gasteiger partial charge on any atom is -0.321 e. The van der Waals surface area contributed by atoms with Crippen LogP contribution in [0.15, 0.2) is 54.6 Å². The average Bonchev–Trinajstić information content (AvgIpc) is 3.05. The van der Waals surface area contributed by atoms with E-state index in [4.69, 9.17) is 16.9 Å². The van der Waals surface area contributed by atoms with Crippen molar-refractivity contribution in [2.75, 3.05) is 5.32 Å². The second-order valence-electron chi connectivity index (χ2n) is 4.82. The van der Waals surface area contributed by atoms with Crippen molar-refractivity contribution in [1.82, 2.24) is 10.2 Å². The topological polar surface area (TPSA) is 81.6 Å². The predicted molar refractivity (Wildman–Crippen MR) is 88.1 cm³/mol. The number of aromatic amines is 1. The lowest BCUT2D eigenvalue weighted by Crippen LogP contribution is -2.12. The third kappa shape index (κ3) is 3.39. The van der Waals surface area contributed by atoms with E-state index in [-0.39, 0.29) is 5.91 Å². The van der Waals surface area contributed by atoms with E-state index in [9.17, 15) is 4.79 Å². The molecule has 1 amide bonds. The maximum atomic E-state index is 12.2. The Morgan fingerprint density at radius 2 is 2.00 bits per heavy atom. The number of halogens is 1. The molecule has 0 saturated heterocycles. The molecule has 23 heavy (non-hydrogen) atoms. The van der Waals surface area contributed by atoms with E-state index in [1.54, 1.807) is 42.5 Å². The summed E-state index contributed by atoms with van der Waals surface area (Å²) >= 11 is 5.96. The van der Waals surface area contributed by atoms with Gasteiger partial charge in [0.1, 0.15) is 5.69 Å². The minimum absolute atomic E-state index is 0.322. The third-order valence-corrected chi connectivity index (χ3v) is 3.43. The molecule has 2 N–H and O–H groups in total. The van der Waals surface area contributed by atoms with Gasteiger partial charge in [-0.3, -0.25) is 9.89 Å². The predicted octanol–water partition coefficient (Wildman–Crippen LogP) is 3.85. The van der Waals surface area contributed by atoms with Crippen LogP contribution in [0.1, 0.15) is 16.1 Å². The molecular formula is C17H11ClN4O. The van der Waals surface area contributed by atoms with E-state index >= 15 is 0 Å². The number of hydrogen-bond acceptors (Lipinski definition) is 3. The molecule has 0 radical (unpaired) electrons. The van der Waals surface area contributed by atoms with Crippen molar-refractivity contribution in [2.24, 2.45) is 0 Å². The number of benzene rings is 2. The maximum Gasteiger partial charge on any atom is 0.273 e. The normalized spacial score (nSPS) is 10.1. The molecule has 0 saturated carbocycles. The monoisotopic (exact) mass is 322 g/mol. The number of anilines is 1. The highest BCUT2D eigenvalue weighted by atomic mass is 35.5. The molecular weight excluding hydrogens is 312 g/mol. The van der Waals surface area contributed by atoms with E-state index in [2.05, 4.69) is 15.5 Å². The molecule has 3 rings (SSSR count). The highest BCUT2D eigenvalue weighted by Crippen LogP contribution is 2.21. The quantitative estimate of drug-likeness (QED) is 0.768. The Hall–Kier alpha value is -3.10. The smallest absolute Gasteiger partial charge is 0.273 e. The minimum atomic E-state index is -0.333. The fourth-order valence-corrected chi connectivity index (χ4v) is 2.29. The van der Waals surface area contributed by atoms with E-state index in [0.717, 1.165) is 5.56 Å². The van der Waals surface area contributed by atoms with E-state index in [1.807, 2.05) is 18.2 Å². The van der Waals surface area contributed by atoms with Crippen molar-refractivity contribution >= 4 is 23.2 Å². The standard InChI is InChI=1S/C17H11ClN4O/c18-13-5-2-4-12(8-13)15-9-16(22-21-15)17(23)20-14-6-1-3-11(7-14)10-19/h1-9H,(H,20,23)(H,21,22). The van der Waals surface area contributed by atoms with Gasteiger partial charge in [-0.15, -0.1) is 0 Å². The SMILES string of the molecule is N#Cc1cccc(NC(=O)c2cc(-c3cccc(Cl)c3)n[nH]2)c1. The molecule has 0 spiro atoms. The van der Waals surface area contributed by atoms with Crippen molar-refractivity contribution in [2.45, 2.75) is 0 Å². The number of nitriles is 1. The molecule has 3 aromatic rings. The Morgan fingerprint density at radius 3 is 2.78 bits per heavy atom. The summed E-state index contributed by atoms with van der Waals surface area (Å²) in [6.45, 7) is 0. The van der Waals surface area contributed by atoms with Crippen LogP contribution in [-0.4, -0.2) is 16.1 Å². The molecule has 6 heteroatoms. The molecule has 0 aliphatic heterocycles. The first kappa shape index (κ1) is 14.8. The molecule has 1 aromatic heterocycles. The number of carbonyl (C=O) groups is 1. The van der Waals surface area contributed by atoms with Crippen molar-refractivity contribution in [3.05, 3.63) is 70.9 Å². The van der Waals surface area contributed by atoms with Crippen LogP contribution in [0.3, 0.4) is 0 Å². The number of nitrogens with one attached hydrogen (secondary N) is 2. The summed E-state index contributed by atoms with van der Waals surface area (Å²) in [4.78, 5) is 12.2. The number of H-pyrrole nitrogens is 1. The van der Waals surface area contributed by atoms with Gasteiger partial charge in [0.05, 0.1) is 17.3 Å². The van der Waals surface area contributed by atoms with Crippen molar-refractivity contribution in [1.29, 1.82) is 5.26 Å². The molecule has 112 valence electrons. The molecule has 2 aromatic carbocycles. The summed E-state index contributed by atoms with van der Waals surface area (Å²) < 4.78 is 0. The fraction of sp³-hybridized carbons (Fsp3) is 0. The molecule has 0 aliphatic rings. The van der Waals surface area contributed by atoms with Gasteiger partial charge >= 0.3 is 0 Å². The van der Waals surface area contributed by atoms with Crippen molar-refractivity contribution in [3.63, 3.8) is 0 Å². The molecule has 0 fully saturated rings. The van der Waals surface area contributed by atoms with E-state index < -0.39 is 0 Å². The van der Waals surface area contributed by atoms with Crippen LogP contribution >= 0.6 is 11.6 Å². The summed E-state index contributed by atoms with van der Waals surface area (Å²) in [6, 6.07) is 17.6. The lowest BCUT2D eigenvalue weighted by molar-refractivity contribution is 0.102. The first-order chi connectivity index (χ1) is 11.2. The Labute approximate surface area is 137 Å². The van der Waals surface area contributed by atoms with Crippen molar-refractivity contribution in [3.8, 4) is 17.3 Å². The highest BCUT2D eigenvalue weighted by molar-refractivity contribution is 6.30. The van der Waals surface area contributed by atoms with Gasteiger partial charge in [0.2, 0.25) is 0 Å². The van der Waals surface area contributed by atoms with Gasteiger partial charge in [0.15, 0.2) is 0 Å². The molecule has 0 atom stereocenters. The summed E-state index contributed by atoms with van der Waals surface area (Å²) in [5, 5.41) is 19.0. The summed E-state index contributed by atoms with van der Waals surface area (Å²) in [5.41, 5.74) is 2.80. The number of amides is 1. The van der Waals surface area contributed by atoms with Gasteiger partial charge in [-0.25, -0.2) is 0 Å². The molecule has 0 aliphatic carbocycles. The molecule has 5 nitrogen and oxygen atoms in total. The Balaban J connectivity index is 1.80. The number of nitrogens with zero attached hydrogens (tertiary/aromatic N) is 2. The van der Waals surface area contributed by atoms with Gasteiger partial charge in [-0.05, 0) is 36.4 Å². The van der Waals surface area contributed by atoms with Gasteiger partial charge in [0.25, 0.3) is 5.91 Å². The van der Waals surface area contributed by atoms with Crippen LogP contribution < -0.4 is 5.32 Å². The van der Waals surface area contributed by atoms with E-state index in [1.165, 1.54) is 0 Å². The van der Waals surface area contributed by atoms with Crippen LogP contribution in [0.2, 0.25) is 5.02 Å². The van der Waals surface area contributed by atoms with Gasteiger partial charge in [0, 0.05) is 16.3 Å². The van der Waals surface area contributed by atoms with Crippen LogP contribution in [0.25, 0.3) is 11.3 Å². The maximum absolute atomic E-state index is 12.2. The zero-order valence-electron chi connectivity index (χ0n) is 11.9. The van der Waals surface area contributed by atoms with Crippen LogP contribution in [-0.2, 0) is 0 Å². The summed E-state index contributed by atoms with van der Waals surface area (Å²) in [5.74, 6) is -0.333. The second kappa shape index (κ2) is 6.34. The average molecular weight is 323 g/mol. The Kier molecular flexibility index (Phi) is 4.09. The lowest BCUT2D eigenvalue weighted by atomic mass is 10.1. The number of aromatic nitrogens is 2. The molecule has 0 unspecified atom stereocenters. The van der Waals surface area contributed by atoms with Gasteiger partial charge < -0.3 is 5.32 Å². The Morgan fingerprint density at radius 1 is 1.17 bits per heavy atom. The summed E-state index contributed by atoms with van der Waals surface area (Å²) in [7, 11) is 0. The van der Waals surface area contributed by atoms with Gasteiger partial charge in [-0.1, -0.05) is 29.8 Å². The molecule has 0 bridgehead atoms.